The second-order valence-corrected chi connectivity index (χ2v) is 4.94. The van der Waals surface area contributed by atoms with Gasteiger partial charge in [0.15, 0.2) is 0 Å². The van der Waals surface area contributed by atoms with Crippen LogP contribution in [0.4, 0.5) is 4.39 Å². The number of nitrogens with zero attached hydrogens (tertiary/aromatic N) is 2. The van der Waals surface area contributed by atoms with Crippen LogP contribution < -0.4 is 17.0 Å². The molecule has 0 saturated carbocycles. The third-order valence-electron chi connectivity index (χ3n) is 3.46. The van der Waals surface area contributed by atoms with Crippen LogP contribution in [0.2, 0.25) is 0 Å². The van der Waals surface area contributed by atoms with Gasteiger partial charge < -0.3 is 5.73 Å². The van der Waals surface area contributed by atoms with Crippen LogP contribution in [0, 0.1) is 5.82 Å². The molecule has 1 amide bonds. The van der Waals surface area contributed by atoms with Crippen LogP contribution in [0.5, 0.6) is 0 Å². The number of carbonyl (C=O) groups is 1. The Morgan fingerprint density at radius 2 is 1.70 bits per heavy atom. The number of hydrogen-bond acceptors (Lipinski definition) is 3. The largest absolute Gasteiger partial charge is 0.368 e. The fraction of sp³-hybridized carbons (Fsp3) is 0.0625. The summed E-state index contributed by atoms with van der Waals surface area (Å²) in [7, 11) is 0. The topological polar surface area (TPSA) is 87.1 Å². The average Bonchev–Trinajstić information content (AvgIpc) is 2.53. The molecule has 1 aromatic heterocycles. The van der Waals surface area contributed by atoms with E-state index < -0.39 is 29.5 Å². The number of primary amides is 1. The van der Waals surface area contributed by atoms with Crippen molar-refractivity contribution in [1.82, 2.24) is 9.13 Å². The molecule has 0 bridgehead atoms. The molecule has 0 spiro atoms. The zero-order valence-corrected chi connectivity index (χ0v) is 11.9. The highest BCUT2D eigenvalue weighted by atomic mass is 19.1. The summed E-state index contributed by atoms with van der Waals surface area (Å²) >= 11 is 0. The fourth-order valence-electron chi connectivity index (χ4n) is 2.48. The Balaban J connectivity index is 2.49. The number of carbonyl (C=O) groups excluding carboxylic acids is 1. The summed E-state index contributed by atoms with van der Waals surface area (Å²) in [6.07, 6.45) is 0. The second-order valence-electron chi connectivity index (χ2n) is 4.94. The van der Waals surface area contributed by atoms with E-state index in [0.717, 1.165) is 10.6 Å². The molecular formula is C16H12FN3O3. The van der Waals surface area contributed by atoms with Gasteiger partial charge in [-0.1, -0.05) is 24.3 Å². The summed E-state index contributed by atoms with van der Waals surface area (Å²) in [6, 6.07) is 11.7. The van der Waals surface area contributed by atoms with Gasteiger partial charge in [0.2, 0.25) is 5.91 Å². The SMILES string of the molecule is NC(=O)Cn1c(=O)n(-c2ccccc2F)c(=O)c2ccccc21. The molecule has 6 nitrogen and oxygen atoms in total. The predicted molar refractivity (Wildman–Crippen MR) is 83.0 cm³/mol. The van der Waals surface area contributed by atoms with Gasteiger partial charge in [0, 0.05) is 0 Å². The molecule has 0 aliphatic rings. The lowest BCUT2D eigenvalue weighted by Gasteiger charge is -2.13. The Morgan fingerprint density at radius 3 is 2.39 bits per heavy atom. The van der Waals surface area contributed by atoms with Crippen LogP contribution in [-0.4, -0.2) is 15.0 Å². The van der Waals surface area contributed by atoms with Crippen molar-refractivity contribution in [2.75, 3.05) is 0 Å². The zero-order valence-electron chi connectivity index (χ0n) is 11.9. The quantitative estimate of drug-likeness (QED) is 0.775. The highest BCUT2D eigenvalue weighted by Gasteiger charge is 2.17. The summed E-state index contributed by atoms with van der Waals surface area (Å²) in [4.78, 5) is 36.5. The molecule has 3 aromatic rings. The number of para-hydroxylation sites is 2. The van der Waals surface area contributed by atoms with Crippen molar-refractivity contribution in [3.05, 3.63) is 75.2 Å². The average molecular weight is 313 g/mol. The minimum absolute atomic E-state index is 0.175. The molecule has 1 heterocycles. The number of benzene rings is 2. The van der Waals surface area contributed by atoms with Gasteiger partial charge in [-0.25, -0.2) is 13.8 Å². The molecule has 7 heteroatoms. The third-order valence-corrected chi connectivity index (χ3v) is 3.46. The Kier molecular flexibility index (Phi) is 3.53. The van der Waals surface area contributed by atoms with Gasteiger partial charge in [-0.3, -0.25) is 14.2 Å². The lowest BCUT2D eigenvalue weighted by atomic mass is 10.2. The molecule has 0 saturated heterocycles. The minimum atomic E-state index is -0.822. The number of halogens is 1. The standard InChI is InChI=1S/C16H12FN3O3/c17-11-6-2-4-8-13(11)20-15(22)10-5-1-3-7-12(10)19(16(20)23)9-14(18)21/h1-8H,9H2,(H2,18,21). The normalized spacial score (nSPS) is 10.8. The van der Waals surface area contributed by atoms with Crippen molar-refractivity contribution < 1.29 is 9.18 Å². The van der Waals surface area contributed by atoms with Crippen molar-refractivity contribution >= 4 is 16.8 Å². The van der Waals surface area contributed by atoms with E-state index in [1.54, 1.807) is 12.1 Å². The molecule has 0 aliphatic carbocycles. The maximum Gasteiger partial charge on any atom is 0.336 e. The van der Waals surface area contributed by atoms with E-state index in [1.165, 1.54) is 30.3 Å². The van der Waals surface area contributed by atoms with Crippen LogP contribution in [0.15, 0.2) is 58.1 Å². The summed E-state index contributed by atoms with van der Waals surface area (Å²) in [5.74, 6) is -1.46. The maximum absolute atomic E-state index is 14.0. The van der Waals surface area contributed by atoms with Gasteiger partial charge in [0.05, 0.1) is 16.6 Å². The van der Waals surface area contributed by atoms with E-state index in [2.05, 4.69) is 0 Å². The van der Waals surface area contributed by atoms with Crippen molar-refractivity contribution in [2.24, 2.45) is 5.73 Å². The molecule has 0 radical (unpaired) electrons. The second kappa shape index (κ2) is 5.53. The van der Waals surface area contributed by atoms with Gasteiger partial charge in [-0.15, -0.1) is 0 Å². The van der Waals surface area contributed by atoms with Crippen LogP contribution in [0.3, 0.4) is 0 Å². The maximum atomic E-state index is 14.0. The monoisotopic (exact) mass is 313 g/mol. The van der Waals surface area contributed by atoms with Crippen LogP contribution in [-0.2, 0) is 11.3 Å². The smallest absolute Gasteiger partial charge is 0.336 e. The van der Waals surface area contributed by atoms with Gasteiger partial charge in [0.1, 0.15) is 12.4 Å². The molecule has 23 heavy (non-hydrogen) atoms. The molecule has 3 rings (SSSR count). The molecule has 2 aromatic carbocycles. The summed E-state index contributed by atoms with van der Waals surface area (Å²) in [5, 5.41) is 0.191. The third kappa shape index (κ3) is 2.42. The highest BCUT2D eigenvalue weighted by molar-refractivity contribution is 5.81. The van der Waals surface area contributed by atoms with E-state index in [9.17, 15) is 18.8 Å². The molecule has 0 aliphatic heterocycles. The van der Waals surface area contributed by atoms with Crippen molar-refractivity contribution in [1.29, 1.82) is 0 Å². The van der Waals surface area contributed by atoms with Gasteiger partial charge in [-0.05, 0) is 24.3 Å². The van der Waals surface area contributed by atoms with Crippen LogP contribution in [0.1, 0.15) is 0 Å². The van der Waals surface area contributed by atoms with E-state index in [0.29, 0.717) is 4.57 Å². The Bertz CT molecular complexity index is 1040. The lowest BCUT2D eigenvalue weighted by molar-refractivity contribution is -0.118. The highest BCUT2D eigenvalue weighted by Crippen LogP contribution is 2.12. The van der Waals surface area contributed by atoms with Crippen LogP contribution in [0.25, 0.3) is 16.6 Å². The number of nitrogens with two attached hydrogens (primary N) is 1. The first-order valence-corrected chi connectivity index (χ1v) is 6.78. The van der Waals surface area contributed by atoms with Crippen LogP contribution >= 0.6 is 0 Å². The van der Waals surface area contributed by atoms with Gasteiger partial charge >= 0.3 is 5.69 Å². The molecule has 116 valence electrons. The number of fused-ring (bicyclic) bond motifs is 1. The molecule has 2 N–H and O–H groups in total. The first kappa shape index (κ1) is 14.7. The van der Waals surface area contributed by atoms with Crippen molar-refractivity contribution in [3.63, 3.8) is 0 Å². The summed E-state index contributed by atoms with van der Waals surface area (Å²) < 4.78 is 15.8. The predicted octanol–water partition coefficient (Wildman–Crippen LogP) is 0.777. The van der Waals surface area contributed by atoms with E-state index in [1.807, 2.05) is 0 Å². The summed E-state index contributed by atoms with van der Waals surface area (Å²) in [5.41, 5.74) is 3.80. The number of amides is 1. The minimum Gasteiger partial charge on any atom is -0.368 e. The first-order chi connectivity index (χ1) is 11.0. The Morgan fingerprint density at radius 1 is 1.04 bits per heavy atom. The zero-order chi connectivity index (χ0) is 16.6. The Labute approximate surface area is 129 Å². The summed E-state index contributed by atoms with van der Waals surface area (Å²) in [6.45, 7) is -0.409. The van der Waals surface area contributed by atoms with E-state index in [-0.39, 0.29) is 16.6 Å². The van der Waals surface area contributed by atoms with E-state index >= 15 is 0 Å². The van der Waals surface area contributed by atoms with Crippen molar-refractivity contribution in [2.45, 2.75) is 6.54 Å². The molecular weight excluding hydrogens is 301 g/mol. The number of aromatic nitrogens is 2. The number of hydrogen-bond donors (Lipinski definition) is 1. The lowest BCUT2D eigenvalue weighted by Crippen LogP contribution is -2.41. The molecule has 0 fully saturated rings. The molecule has 0 unspecified atom stereocenters. The van der Waals surface area contributed by atoms with Gasteiger partial charge in [0.25, 0.3) is 5.56 Å². The fourth-order valence-corrected chi connectivity index (χ4v) is 2.48. The van der Waals surface area contributed by atoms with Gasteiger partial charge in [-0.2, -0.15) is 0 Å². The van der Waals surface area contributed by atoms with Crippen molar-refractivity contribution in [3.8, 4) is 5.69 Å². The Hall–Kier alpha value is -3.22. The number of rotatable bonds is 3. The first-order valence-electron chi connectivity index (χ1n) is 6.78. The van der Waals surface area contributed by atoms with E-state index in [4.69, 9.17) is 5.73 Å². The molecule has 0 atom stereocenters.